The summed E-state index contributed by atoms with van der Waals surface area (Å²) in [6, 6.07) is 0. The van der Waals surface area contributed by atoms with E-state index in [2.05, 4.69) is 11.9 Å². The lowest BCUT2D eigenvalue weighted by atomic mass is 10.1. The summed E-state index contributed by atoms with van der Waals surface area (Å²) in [6.45, 7) is 3.36. The Labute approximate surface area is 69.9 Å². The highest BCUT2D eigenvalue weighted by Crippen LogP contribution is 2.11. The van der Waals surface area contributed by atoms with Crippen molar-refractivity contribution in [3.8, 4) is 0 Å². The van der Waals surface area contributed by atoms with Crippen molar-refractivity contribution < 1.29 is 0 Å². The van der Waals surface area contributed by atoms with Crippen molar-refractivity contribution in [2.45, 2.75) is 51.9 Å². The van der Waals surface area contributed by atoms with Gasteiger partial charge in [-0.05, 0) is 25.7 Å². The van der Waals surface area contributed by atoms with Gasteiger partial charge in [-0.25, -0.2) is 0 Å². The highest BCUT2D eigenvalue weighted by molar-refractivity contribution is 5.85. The minimum absolute atomic E-state index is 1.10. The topological polar surface area (TPSA) is 12.4 Å². The van der Waals surface area contributed by atoms with Crippen LogP contribution < -0.4 is 0 Å². The van der Waals surface area contributed by atoms with Crippen LogP contribution >= 0.6 is 0 Å². The molecule has 0 amide bonds. The summed E-state index contributed by atoms with van der Waals surface area (Å²) in [4.78, 5) is 4.45. The highest BCUT2D eigenvalue weighted by Gasteiger charge is 2.04. The van der Waals surface area contributed by atoms with Crippen LogP contribution in [0.1, 0.15) is 51.9 Å². The largest absolute Gasteiger partial charge is 0.294 e. The average molecular weight is 153 g/mol. The minimum atomic E-state index is 1.10. The molecule has 11 heavy (non-hydrogen) atoms. The molecule has 1 aliphatic heterocycles. The molecular formula is C10H19N. The van der Waals surface area contributed by atoms with E-state index in [4.69, 9.17) is 0 Å². The van der Waals surface area contributed by atoms with Crippen molar-refractivity contribution in [2.24, 2.45) is 4.99 Å². The van der Waals surface area contributed by atoms with Gasteiger partial charge in [0, 0.05) is 12.3 Å². The van der Waals surface area contributed by atoms with Crippen LogP contribution in [0.25, 0.3) is 0 Å². The normalized spacial score (nSPS) is 17.0. The van der Waals surface area contributed by atoms with E-state index in [9.17, 15) is 0 Å². The Bertz CT molecular complexity index is 127. The molecule has 0 spiro atoms. The van der Waals surface area contributed by atoms with Crippen molar-refractivity contribution in [2.75, 3.05) is 6.54 Å². The third-order valence-corrected chi connectivity index (χ3v) is 2.28. The van der Waals surface area contributed by atoms with Crippen molar-refractivity contribution >= 4 is 5.71 Å². The fraction of sp³-hybridized carbons (Fsp3) is 0.900. The quantitative estimate of drug-likeness (QED) is 0.538. The van der Waals surface area contributed by atoms with Crippen molar-refractivity contribution in [3.63, 3.8) is 0 Å². The smallest absolute Gasteiger partial charge is 0.0392 e. The Balaban J connectivity index is 1.94. The molecule has 0 radical (unpaired) electrons. The number of aliphatic imine (C=N–C) groups is 1. The van der Waals surface area contributed by atoms with E-state index >= 15 is 0 Å². The second-order valence-electron chi connectivity index (χ2n) is 3.36. The monoisotopic (exact) mass is 153 g/mol. The van der Waals surface area contributed by atoms with E-state index < -0.39 is 0 Å². The number of hydrogen-bond donors (Lipinski definition) is 0. The van der Waals surface area contributed by atoms with Gasteiger partial charge >= 0.3 is 0 Å². The van der Waals surface area contributed by atoms with Gasteiger partial charge in [0.2, 0.25) is 0 Å². The van der Waals surface area contributed by atoms with Crippen molar-refractivity contribution in [1.82, 2.24) is 0 Å². The van der Waals surface area contributed by atoms with Crippen LogP contribution in [-0.4, -0.2) is 12.3 Å². The molecule has 0 aromatic heterocycles. The first-order chi connectivity index (χ1) is 5.43. The van der Waals surface area contributed by atoms with E-state index in [-0.39, 0.29) is 0 Å². The molecule has 0 aliphatic carbocycles. The first kappa shape index (κ1) is 8.76. The lowest BCUT2D eigenvalue weighted by Crippen LogP contribution is -1.92. The second-order valence-corrected chi connectivity index (χ2v) is 3.36. The van der Waals surface area contributed by atoms with E-state index in [1.165, 1.54) is 50.7 Å². The first-order valence-corrected chi connectivity index (χ1v) is 4.95. The van der Waals surface area contributed by atoms with Crippen LogP contribution in [0.5, 0.6) is 0 Å². The van der Waals surface area contributed by atoms with Gasteiger partial charge in [-0.2, -0.15) is 0 Å². The molecule has 0 saturated carbocycles. The first-order valence-electron chi connectivity index (χ1n) is 4.95. The van der Waals surface area contributed by atoms with Gasteiger partial charge in [-0.1, -0.05) is 26.2 Å². The SMILES string of the molecule is CCCCCCC1=NCCC1. The summed E-state index contributed by atoms with van der Waals surface area (Å²) in [5.74, 6) is 0. The van der Waals surface area contributed by atoms with Gasteiger partial charge in [0.1, 0.15) is 0 Å². The maximum atomic E-state index is 4.45. The highest BCUT2D eigenvalue weighted by atomic mass is 14.8. The minimum Gasteiger partial charge on any atom is -0.294 e. The maximum absolute atomic E-state index is 4.45. The van der Waals surface area contributed by atoms with E-state index in [1.54, 1.807) is 0 Å². The zero-order valence-corrected chi connectivity index (χ0v) is 7.60. The lowest BCUT2D eigenvalue weighted by molar-refractivity contribution is 0.681. The fourth-order valence-corrected chi connectivity index (χ4v) is 1.56. The predicted molar refractivity (Wildman–Crippen MR) is 50.3 cm³/mol. The molecule has 0 bridgehead atoms. The summed E-state index contributed by atoms with van der Waals surface area (Å²) in [6.07, 6.45) is 9.37. The molecule has 0 atom stereocenters. The van der Waals surface area contributed by atoms with Crippen LogP contribution in [0.3, 0.4) is 0 Å². The summed E-state index contributed by atoms with van der Waals surface area (Å²) in [5, 5.41) is 0. The summed E-state index contributed by atoms with van der Waals surface area (Å²) < 4.78 is 0. The van der Waals surface area contributed by atoms with Crippen LogP contribution in [0.15, 0.2) is 4.99 Å². The molecule has 0 unspecified atom stereocenters. The zero-order valence-electron chi connectivity index (χ0n) is 7.60. The summed E-state index contributed by atoms with van der Waals surface area (Å²) in [5.41, 5.74) is 1.49. The number of unbranched alkanes of at least 4 members (excludes halogenated alkanes) is 3. The molecule has 1 rings (SSSR count). The van der Waals surface area contributed by atoms with Crippen LogP contribution in [0.4, 0.5) is 0 Å². The zero-order chi connectivity index (χ0) is 7.94. The third-order valence-electron chi connectivity index (χ3n) is 2.28. The molecule has 0 saturated heterocycles. The van der Waals surface area contributed by atoms with Crippen molar-refractivity contribution in [1.29, 1.82) is 0 Å². The van der Waals surface area contributed by atoms with E-state index in [1.807, 2.05) is 0 Å². The Kier molecular flexibility index (Phi) is 4.25. The van der Waals surface area contributed by atoms with E-state index in [0.29, 0.717) is 0 Å². The molecule has 0 N–H and O–H groups in total. The van der Waals surface area contributed by atoms with Crippen molar-refractivity contribution in [3.05, 3.63) is 0 Å². The standard InChI is InChI=1S/C10H19N/c1-2-3-4-5-7-10-8-6-9-11-10/h2-9H2,1H3. The number of rotatable bonds is 5. The van der Waals surface area contributed by atoms with Gasteiger partial charge in [0.05, 0.1) is 0 Å². The summed E-state index contributed by atoms with van der Waals surface area (Å²) in [7, 11) is 0. The van der Waals surface area contributed by atoms with Gasteiger partial charge in [-0.15, -0.1) is 0 Å². The van der Waals surface area contributed by atoms with Gasteiger partial charge in [-0.3, -0.25) is 4.99 Å². The third kappa shape index (κ3) is 3.54. The fourth-order valence-electron chi connectivity index (χ4n) is 1.56. The Hall–Kier alpha value is -0.330. The van der Waals surface area contributed by atoms with Gasteiger partial charge in [0.25, 0.3) is 0 Å². The molecule has 1 heteroatoms. The number of nitrogens with zero attached hydrogens (tertiary/aromatic N) is 1. The lowest BCUT2D eigenvalue weighted by Gasteiger charge is -1.98. The molecule has 64 valence electrons. The Morgan fingerprint density at radius 1 is 1.27 bits per heavy atom. The van der Waals surface area contributed by atoms with Gasteiger partial charge in [0.15, 0.2) is 0 Å². The predicted octanol–water partition coefficient (Wildman–Crippen LogP) is 3.19. The molecule has 0 aromatic rings. The molecule has 0 fully saturated rings. The van der Waals surface area contributed by atoms with Crippen LogP contribution in [0.2, 0.25) is 0 Å². The van der Waals surface area contributed by atoms with Crippen LogP contribution in [0, 0.1) is 0 Å². The maximum Gasteiger partial charge on any atom is 0.0392 e. The van der Waals surface area contributed by atoms with Gasteiger partial charge < -0.3 is 0 Å². The average Bonchev–Trinajstić information content (AvgIpc) is 2.50. The molecular weight excluding hydrogens is 134 g/mol. The second kappa shape index (κ2) is 5.34. The molecule has 0 aromatic carbocycles. The Morgan fingerprint density at radius 2 is 2.18 bits per heavy atom. The molecule has 1 heterocycles. The molecule has 1 nitrogen and oxygen atoms in total. The van der Waals surface area contributed by atoms with Crippen LogP contribution in [-0.2, 0) is 0 Å². The Morgan fingerprint density at radius 3 is 2.82 bits per heavy atom. The molecule has 1 aliphatic rings. The summed E-state index contributed by atoms with van der Waals surface area (Å²) >= 11 is 0. The number of hydrogen-bond acceptors (Lipinski definition) is 1. The van der Waals surface area contributed by atoms with E-state index in [0.717, 1.165) is 6.54 Å².